The van der Waals surface area contributed by atoms with Gasteiger partial charge in [0.25, 0.3) is 0 Å². The van der Waals surface area contributed by atoms with Crippen molar-refractivity contribution in [3.05, 3.63) is 29.8 Å². The minimum absolute atomic E-state index is 0.221. The number of ether oxygens (including phenoxy) is 3. The molecule has 3 fully saturated rings. The second kappa shape index (κ2) is 11.3. The van der Waals surface area contributed by atoms with Crippen molar-refractivity contribution in [2.45, 2.75) is 44.8 Å². The number of rotatable bonds is 9. The van der Waals surface area contributed by atoms with Crippen molar-refractivity contribution in [2.24, 2.45) is 5.41 Å². The minimum Gasteiger partial charge on any atom is -0.491 e. The van der Waals surface area contributed by atoms with Crippen molar-refractivity contribution in [3.8, 4) is 17.1 Å². The summed E-state index contributed by atoms with van der Waals surface area (Å²) < 4.78 is 17.1. The number of nitrogens with zero attached hydrogens (tertiary/aromatic N) is 3. The molecule has 0 saturated carbocycles. The van der Waals surface area contributed by atoms with Crippen LogP contribution < -0.4 is 20.3 Å². The third-order valence-electron chi connectivity index (χ3n) is 7.66. The van der Waals surface area contributed by atoms with Gasteiger partial charge in [0, 0.05) is 50.6 Å². The summed E-state index contributed by atoms with van der Waals surface area (Å²) in [5, 5.41) is 16.6. The molecule has 0 radical (unpaired) electrons. The molecule has 3 aliphatic heterocycles. The number of hydrogen-bond donors (Lipinski definition) is 3. The van der Waals surface area contributed by atoms with Crippen molar-refractivity contribution < 1.29 is 19.3 Å². The van der Waals surface area contributed by atoms with Crippen LogP contribution in [0.5, 0.6) is 5.75 Å². The van der Waals surface area contributed by atoms with E-state index >= 15 is 0 Å². The standard InChI is InChI=1S/C27H39N5O4/c1-19-24(29-21-6-11-35-16-21)30-25(20-4-3-5-23(14-20)36-17-22(33)15-28-2)31-26(19)32-10-7-27(18-32)8-12-34-13-9-27/h3-5,14,21-22,28,33H,6-13,15-18H2,1-2H3,(H,29,30,31)/t21-,22?/m1/s1. The third kappa shape index (κ3) is 5.75. The SMILES string of the molecule is CNCC(O)COc1cccc(-c2nc(N[C@@H]3CCOC3)c(C)c(N3CCC4(CCOCC4)C3)n2)c1. The van der Waals surface area contributed by atoms with Crippen molar-refractivity contribution in [1.29, 1.82) is 0 Å². The maximum absolute atomic E-state index is 10.0. The summed E-state index contributed by atoms with van der Waals surface area (Å²) in [6.07, 6.45) is 3.80. The van der Waals surface area contributed by atoms with Crippen LogP contribution in [-0.4, -0.2) is 86.9 Å². The highest BCUT2D eigenvalue weighted by molar-refractivity contribution is 5.67. The molecule has 9 nitrogen and oxygen atoms in total. The highest BCUT2D eigenvalue weighted by Crippen LogP contribution is 2.42. The second-order valence-electron chi connectivity index (χ2n) is 10.4. The zero-order chi connectivity index (χ0) is 25.0. The zero-order valence-corrected chi connectivity index (χ0v) is 21.5. The first-order chi connectivity index (χ1) is 17.5. The normalized spacial score (nSPS) is 22.2. The molecule has 2 aromatic rings. The lowest BCUT2D eigenvalue weighted by Gasteiger charge is -2.33. The number of aliphatic hydroxyl groups excluding tert-OH is 1. The van der Waals surface area contributed by atoms with Gasteiger partial charge >= 0.3 is 0 Å². The van der Waals surface area contributed by atoms with E-state index in [1.54, 1.807) is 0 Å². The van der Waals surface area contributed by atoms with E-state index in [4.69, 9.17) is 24.2 Å². The molecule has 36 heavy (non-hydrogen) atoms. The van der Waals surface area contributed by atoms with Gasteiger partial charge in [0.15, 0.2) is 5.82 Å². The molecular weight excluding hydrogens is 458 g/mol. The number of anilines is 2. The summed E-state index contributed by atoms with van der Waals surface area (Å²) in [5.41, 5.74) is 2.30. The van der Waals surface area contributed by atoms with Crippen molar-refractivity contribution in [1.82, 2.24) is 15.3 Å². The Bertz CT molecular complexity index is 1020. The van der Waals surface area contributed by atoms with Crippen LogP contribution in [0.15, 0.2) is 24.3 Å². The fraction of sp³-hybridized carbons (Fsp3) is 0.630. The Kier molecular flexibility index (Phi) is 7.90. The van der Waals surface area contributed by atoms with Gasteiger partial charge < -0.3 is 34.9 Å². The van der Waals surface area contributed by atoms with Gasteiger partial charge in [0.2, 0.25) is 0 Å². The maximum Gasteiger partial charge on any atom is 0.164 e. The predicted molar refractivity (Wildman–Crippen MR) is 140 cm³/mol. The molecule has 4 heterocycles. The van der Waals surface area contributed by atoms with Crippen LogP contribution in [-0.2, 0) is 9.47 Å². The summed E-state index contributed by atoms with van der Waals surface area (Å²) >= 11 is 0. The Hall–Kier alpha value is -2.46. The highest BCUT2D eigenvalue weighted by Gasteiger charge is 2.40. The van der Waals surface area contributed by atoms with Gasteiger partial charge in [-0.2, -0.15) is 0 Å². The average molecular weight is 498 g/mol. The van der Waals surface area contributed by atoms with Crippen molar-refractivity contribution in [3.63, 3.8) is 0 Å². The predicted octanol–water partition coefficient (Wildman–Crippen LogP) is 2.62. The Morgan fingerprint density at radius 1 is 1.19 bits per heavy atom. The molecule has 196 valence electrons. The van der Waals surface area contributed by atoms with Gasteiger partial charge in [-0.1, -0.05) is 12.1 Å². The molecule has 0 aliphatic carbocycles. The molecule has 0 bridgehead atoms. The molecule has 0 amide bonds. The summed E-state index contributed by atoms with van der Waals surface area (Å²) in [6, 6.07) is 8.06. The van der Waals surface area contributed by atoms with Crippen LogP contribution >= 0.6 is 0 Å². The fourth-order valence-corrected chi connectivity index (χ4v) is 5.46. The number of aromatic nitrogens is 2. The van der Waals surface area contributed by atoms with Gasteiger partial charge in [0.05, 0.1) is 12.6 Å². The first-order valence-corrected chi connectivity index (χ1v) is 13.2. The van der Waals surface area contributed by atoms with Crippen LogP contribution in [0.1, 0.15) is 31.2 Å². The molecule has 3 N–H and O–H groups in total. The van der Waals surface area contributed by atoms with E-state index in [-0.39, 0.29) is 12.6 Å². The molecule has 3 aliphatic rings. The average Bonchev–Trinajstić information content (AvgIpc) is 3.55. The largest absolute Gasteiger partial charge is 0.491 e. The summed E-state index contributed by atoms with van der Waals surface area (Å²) in [4.78, 5) is 12.5. The summed E-state index contributed by atoms with van der Waals surface area (Å²) in [5.74, 6) is 3.23. The van der Waals surface area contributed by atoms with E-state index in [2.05, 4.69) is 22.5 Å². The fourth-order valence-electron chi connectivity index (χ4n) is 5.46. The van der Waals surface area contributed by atoms with E-state index < -0.39 is 6.10 Å². The number of likely N-dealkylation sites (N-methyl/N-ethyl adjacent to an activating group) is 1. The third-order valence-corrected chi connectivity index (χ3v) is 7.66. The van der Waals surface area contributed by atoms with E-state index in [1.165, 1.54) is 6.42 Å². The van der Waals surface area contributed by atoms with Crippen LogP contribution in [0.3, 0.4) is 0 Å². The highest BCUT2D eigenvalue weighted by atomic mass is 16.5. The van der Waals surface area contributed by atoms with Crippen LogP contribution in [0.2, 0.25) is 0 Å². The second-order valence-corrected chi connectivity index (χ2v) is 10.4. The molecule has 1 aromatic carbocycles. The first kappa shape index (κ1) is 25.2. The van der Waals surface area contributed by atoms with E-state index in [0.717, 1.165) is 74.9 Å². The van der Waals surface area contributed by atoms with E-state index in [0.29, 0.717) is 30.1 Å². The summed E-state index contributed by atoms with van der Waals surface area (Å²) in [7, 11) is 1.81. The van der Waals surface area contributed by atoms with Crippen LogP contribution in [0.25, 0.3) is 11.4 Å². The van der Waals surface area contributed by atoms with Gasteiger partial charge in [0.1, 0.15) is 30.1 Å². The molecule has 1 aromatic heterocycles. The quantitative estimate of drug-likeness (QED) is 0.483. The van der Waals surface area contributed by atoms with Gasteiger partial charge in [-0.25, -0.2) is 9.97 Å². The van der Waals surface area contributed by atoms with Gasteiger partial charge in [-0.05, 0) is 57.2 Å². The molecule has 2 atom stereocenters. The molecule has 1 unspecified atom stereocenters. The first-order valence-electron chi connectivity index (χ1n) is 13.2. The molecule has 5 rings (SSSR count). The minimum atomic E-state index is -0.571. The Morgan fingerprint density at radius 3 is 2.83 bits per heavy atom. The van der Waals surface area contributed by atoms with Crippen molar-refractivity contribution >= 4 is 11.6 Å². The van der Waals surface area contributed by atoms with E-state index in [1.807, 2.05) is 31.3 Å². The Balaban J connectivity index is 1.43. The van der Waals surface area contributed by atoms with Gasteiger partial charge in [-0.3, -0.25) is 0 Å². The zero-order valence-electron chi connectivity index (χ0n) is 21.5. The monoisotopic (exact) mass is 497 g/mol. The van der Waals surface area contributed by atoms with Crippen molar-refractivity contribution in [2.75, 3.05) is 69.9 Å². The smallest absolute Gasteiger partial charge is 0.164 e. The Morgan fingerprint density at radius 2 is 2.06 bits per heavy atom. The lowest BCUT2D eigenvalue weighted by molar-refractivity contribution is 0.0254. The molecule has 9 heteroatoms. The topological polar surface area (TPSA) is 101 Å². The van der Waals surface area contributed by atoms with E-state index in [9.17, 15) is 5.11 Å². The number of aliphatic hydroxyl groups is 1. The van der Waals surface area contributed by atoms with Crippen LogP contribution in [0, 0.1) is 12.3 Å². The number of nitrogens with one attached hydrogen (secondary N) is 2. The Labute approximate surface area is 213 Å². The number of hydrogen-bond acceptors (Lipinski definition) is 9. The maximum atomic E-state index is 10.0. The molecule has 3 saturated heterocycles. The lowest BCUT2D eigenvalue weighted by atomic mass is 9.80. The summed E-state index contributed by atoms with van der Waals surface area (Å²) in [6.45, 7) is 8.00. The lowest BCUT2D eigenvalue weighted by Crippen LogP contribution is -2.33. The molecular formula is C27H39N5O4. The van der Waals surface area contributed by atoms with Gasteiger partial charge in [-0.15, -0.1) is 0 Å². The molecule has 1 spiro atoms. The number of benzene rings is 1. The van der Waals surface area contributed by atoms with Crippen LogP contribution in [0.4, 0.5) is 11.6 Å².